The minimum atomic E-state index is -0.559. The number of hydrogen-bond donors (Lipinski definition) is 2. The molecule has 5 atom stereocenters. The van der Waals surface area contributed by atoms with Crippen LogP contribution in [0.3, 0.4) is 0 Å². The third kappa shape index (κ3) is 2.42. The van der Waals surface area contributed by atoms with E-state index >= 15 is 0 Å². The highest BCUT2D eigenvalue weighted by atomic mass is 16.3. The smallest absolute Gasteiger partial charge is 0.116 e. The van der Waals surface area contributed by atoms with Crippen LogP contribution in [0.5, 0.6) is 5.75 Å². The Kier molecular flexibility index (Phi) is 3.58. The van der Waals surface area contributed by atoms with E-state index < -0.39 is 6.10 Å². The molecule has 2 aromatic rings. The molecule has 3 fully saturated rings. The quantitative estimate of drug-likeness (QED) is 0.856. The molecule has 4 heteroatoms. The molecule has 0 amide bonds. The molecule has 5 rings (SSSR count). The maximum absolute atomic E-state index is 11.0. The minimum Gasteiger partial charge on any atom is -0.508 e. The van der Waals surface area contributed by atoms with E-state index in [-0.39, 0.29) is 11.8 Å². The van der Waals surface area contributed by atoms with Gasteiger partial charge in [-0.3, -0.25) is 9.88 Å². The zero-order chi connectivity index (χ0) is 16.0. The molecule has 1 aromatic carbocycles. The molecule has 0 radical (unpaired) electrons. The molecular formula is C19H22N2O2. The van der Waals surface area contributed by atoms with Crippen LogP contribution in [0.4, 0.5) is 0 Å². The Labute approximate surface area is 136 Å². The molecule has 1 unspecified atom stereocenters. The van der Waals surface area contributed by atoms with Gasteiger partial charge < -0.3 is 10.2 Å². The van der Waals surface area contributed by atoms with Crippen LogP contribution in [-0.2, 0) is 0 Å². The Morgan fingerprint density at radius 1 is 1.35 bits per heavy atom. The van der Waals surface area contributed by atoms with Crippen LogP contribution in [0.15, 0.2) is 43.1 Å². The van der Waals surface area contributed by atoms with Gasteiger partial charge in [-0.1, -0.05) is 6.08 Å². The Morgan fingerprint density at radius 3 is 2.96 bits per heavy atom. The molecule has 3 aliphatic rings. The van der Waals surface area contributed by atoms with Gasteiger partial charge in [0.05, 0.1) is 11.6 Å². The lowest BCUT2D eigenvalue weighted by molar-refractivity contribution is -0.0444. The van der Waals surface area contributed by atoms with Crippen molar-refractivity contribution in [1.29, 1.82) is 0 Å². The molecule has 23 heavy (non-hydrogen) atoms. The second kappa shape index (κ2) is 5.62. The average Bonchev–Trinajstić information content (AvgIpc) is 2.60. The number of nitrogens with zero attached hydrogens (tertiary/aromatic N) is 2. The van der Waals surface area contributed by atoms with E-state index in [1.165, 1.54) is 6.42 Å². The van der Waals surface area contributed by atoms with Crippen LogP contribution < -0.4 is 0 Å². The zero-order valence-corrected chi connectivity index (χ0v) is 13.1. The van der Waals surface area contributed by atoms with Crippen molar-refractivity contribution in [3.63, 3.8) is 0 Å². The third-order valence-corrected chi connectivity index (χ3v) is 5.60. The maximum atomic E-state index is 11.0. The number of aromatic nitrogens is 1. The van der Waals surface area contributed by atoms with Crippen molar-refractivity contribution in [3.05, 3.63) is 48.7 Å². The Balaban J connectivity index is 1.69. The number of fused-ring (bicyclic) bond motifs is 4. The molecule has 3 aliphatic heterocycles. The van der Waals surface area contributed by atoms with Crippen molar-refractivity contribution < 1.29 is 10.2 Å². The number of rotatable bonds is 3. The summed E-state index contributed by atoms with van der Waals surface area (Å²) in [4.78, 5) is 6.73. The number of aromatic hydroxyl groups is 1. The largest absolute Gasteiger partial charge is 0.508 e. The number of phenolic OH excluding ortho intramolecular Hbond substituents is 1. The van der Waals surface area contributed by atoms with Crippen molar-refractivity contribution >= 4 is 10.9 Å². The van der Waals surface area contributed by atoms with E-state index in [2.05, 4.69) is 22.5 Å². The van der Waals surface area contributed by atoms with Crippen molar-refractivity contribution in [1.82, 2.24) is 9.88 Å². The molecule has 4 heterocycles. The molecule has 1 aromatic heterocycles. The van der Waals surface area contributed by atoms with Gasteiger partial charge in [0.15, 0.2) is 0 Å². The molecule has 2 N–H and O–H groups in total. The van der Waals surface area contributed by atoms with Crippen molar-refractivity contribution in [2.45, 2.75) is 25.0 Å². The van der Waals surface area contributed by atoms with Crippen LogP contribution >= 0.6 is 0 Å². The highest BCUT2D eigenvalue weighted by Gasteiger charge is 2.42. The second-order valence-corrected chi connectivity index (χ2v) is 6.79. The van der Waals surface area contributed by atoms with Crippen molar-refractivity contribution in [2.24, 2.45) is 11.8 Å². The maximum Gasteiger partial charge on any atom is 0.116 e. The number of aliphatic hydroxyl groups is 1. The lowest BCUT2D eigenvalue weighted by Gasteiger charge is -2.50. The Morgan fingerprint density at radius 2 is 2.22 bits per heavy atom. The van der Waals surface area contributed by atoms with Gasteiger partial charge in [-0.25, -0.2) is 0 Å². The summed E-state index contributed by atoms with van der Waals surface area (Å²) in [5.41, 5.74) is 1.66. The molecule has 4 nitrogen and oxygen atoms in total. The van der Waals surface area contributed by atoms with Gasteiger partial charge in [-0.15, -0.1) is 6.58 Å². The monoisotopic (exact) mass is 310 g/mol. The first-order chi connectivity index (χ1) is 11.2. The summed E-state index contributed by atoms with van der Waals surface area (Å²) in [6, 6.07) is 7.14. The predicted molar refractivity (Wildman–Crippen MR) is 90.1 cm³/mol. The first kappa shape index (κ1) is 14.7. The lowest BCUT2D eigenvalue weighted by atomic mass is 9.73. The molecule has 0 aliphatic carbocycles. The number of aliphatic hydroxyl groups excluding tert-OH is 1. The van der Waals surface area contributed by atoms with E-state index in [9.17, 15) is 10.2 Å². The first-order valence-electron chi connectivity index (χ1n) is 8.29. The van der Waals surface area contributed by atoms with Gasteiger partial charge in [0.1, 0.15) is 5.75 Å². The SMILES string of the molecule is C=C[C@@H]1CN2CC[C@@H]1C[C@@H]2[C@@H](O)c1ccnc2ccc(O)cc12. The standard InChI is InChI=1S/C19H22N2O2/c1-2-12-11-21-8-6-13(12)9-18(21)19(23)15-5-7-20-17-4-3-14(22)10-16(15)17/h2-5,7,10,12-13,18-19,22-23H,1,6,8-9,11H2/t12-,13-,18-,19+/m1/s1. The minimum absolute atomic E-state index is 0.137. The lowest BCUT2D eigenvalue weighted by Crippen LogP contribution is -2.54. The highest BCUT2D eigenvalue weighted by molar-refractivity contribution is 5.83. The second-order valence-electron chi connectivity index (χ2n) is 6.79. The van der Waals surface area contributed by atoms with Gasteiger partial charge in [0.25, 0.3) is 0 Å². The number of benzene rings is 1. The summed E-state index contributed by atoms with van der Waals surface area (Å²) in [7, 11) is 0. The molecule has 3 saturated heterocycles. The summed E-state index contributed by atoms with van der Waals surface area (Å²) in [6.45, 7) is 5.99. The fourth-order valence-corrected chi connectivity index (χ4v) is 4.33. The summed E-state index contributed by atoms with van der Waals surface area (Å²) in [5.74, 6) is 1.38. The van der Waals surface area contributed by atoms with Crippen molar-refractivity contribution in [2.75, 3.05) is 13.1 Å². The Hall–Kier alpha value is -1.91. The zero-order valence-electron chi connectivity index (χ0n) is 13.1. The van der Waals surface area contributed by atoms with E-state index in [0.717, 1.165) is 36.0 Å². The Bertz CT molecular complexity index is 745. The summed E-state index contributed by atoms with van der Waals surface area (Å²) >= 11 is 0. The topological polar surface area (TPSA) is 56.6 Å². The number of phenols is 1. The fraction of sp³-hybridized carbons (Fsp3) is 0.421. The number of hydrogen-bond acceptors (Lipinski definition) is 4. The van der Waals surface area contributed by atoms with Gasteiger partial charge in [-0.2, -0.15) is 0 Å². The summed E-state index contributed by atoms with van der Waals surface area (Å²) < 4.78 is 0. The average molecular weight is 310 g/mol. The molecule has 120 valence electrons. The van der Waals surface area contributed by atoms with Crippen LogP contribution in [0.2, 0.25) is 0 Å². The van der Waals surface area contributed by atoms with Gasteiger partial charge in [-0.05, 0) is 61.1 Å². The van der Waals surface area contributed by atoms with Crippen LogP contribution in [0.25, 0.3) is 10.9 Å². The molecule has 2 bridgehead atoms. The van der Waals surface area contributed by atoms with E-state index in [4.69, 9.17) is 0 Å². The van der Waals surface area contributed by atoms with Crippen LogP contribution in [-0.4, -0.2) is 39.2 Å². The van der Waals surface area contributed by atoms with Gasteiger partial charge in [0.2, 0.25) is 0 Å². The third-order valence-electron chi connectivity index (χ3n) is 5.60. The first-order valence-corrected chi connectivity index (χ1v) is 8.29. The van der Waals surface area contributed by atoms with E-state index in [0.29, 0.717) is 11.8 Å². The fourth-order valence-electron chi connectivity index (χ4n) is 4.33. The van der Waals surface area contributed by atoms with Gasteiger partial charge >= 0.3 is 0 Å². The number of piperidine rings is 3. The normalized spacial score (nSPS) is 31.2. The van der Waals surface area contributed by atoms with E-state index in [1.54, 1.807) is 24.4 Å². The highest BCUT2D eigenvalue weighted by Crippen LogP contribution is 2.42. The summed E-state index contributed by atoms with van der Waals surface area (Å²) in [5, 5.41) is 21.7. The predicted octanol–water partition coefficient (Wildman–Crippen LogP) is 2.87. The van der Waals surface area contributed by atoms with Gasteiger partial charge in [0, 0.05) is 24.2 Å². The van der Waals surface area contributed by atoms with E-state index in [1.807, 2.05) is 6.07 Å². The molecule has 0 spiro atoms. The van der Waals surface area contributed by atoms with Crippen LogP contribution in [0, 0.1) is 11.8 Å². The molecular weight excluding hydrogens is 288 g/mol. The number of pyridine rings is 1. The van der Waals surface area contributed by atoms with Crippen molar-refractivity contribution in [3.8, 4) is 5.75 Å². The summed E-state index contributed by atoms with van der Waals surface area (Å²) in [6.07, 6.45) is 5.44. The molecule has 0 saturated carbocycles. The van der Waals surface area contributed by atoms with Crippen LogP contribution in [0.1, 0.15) is 24.5 Å².